The van der Waals surface area contributed by atoms with Crippen molar-refractivity contribution < 1.29 is 24.1 Å². The summed E-state index contributed by atoms with van der Waals surface area (Å²) in [6.45, 7) is 2.06. The third-order valence-electron chi connectivity index (χ3n) is 3.82. The second-order valence-electron chi connectivity index (χ2n) is 5.60. The van der Waals surface area contributed by atoms with E-state index in [0.29, 0.717) is 24.7 Å². The molecule has 0 aromatic heterocycles. The zero-order chi connectivity index (χ0) is 16.9. The van der Waals surface area contributed by atoms with Crippen LogP contribution in [-0.2, 0) is 6.54 Å². The summed E-state index contributed by atoms with van der Waals surface area (Å²) < 4.78 is 21.4. The molecular formula is C18H21NO5. The van der Waals surface area contributed by atoms with Crippen LogP contribution >= 0.6 is 0 Å². The van der Waals surface area contributed by atoms with E-state index in [9.17, 15) is 5.11 Å². The number of ether oxygens (including phenoxy) is 4. The number of hydrogen-bond acceptors (Lipinski definition) is 6. The lowest BCUT2D eigenvalue weighted by Gasteiger charge is -2.18. The van der Waals surface area contributed by atoms with Gasteiger partial charge in [0.15, 0.2) is 11.5 Å². The maximum Gasteiger partial charge on any atom is 0.231 e. The van der Waals surface area contributed by atoms with Gasteiger partial charge in [0.1, 0.15) is 23.9 Å². The first kappa shape index (κ1) is 16.3. The summed E-state index contributed by atoms with van der Waals surface area (Å²) in [6, 6.07) is 10.9. The van der Waals surface area contributed by atoms with Gasteiger partial charge in [-0.3, -0.25) is 4.90 Å². The minimum absolute atomic E-state index is 0.198. The lowest BCUT2D eigenvalue weighted by Crippen LogP contribution is -2.23. The van der Waals surface area contributed by atoms with E-state index < -0.39 is 0 Å². The highest BCUT2D eigenvalue weighted by Crippen LogP contribution is 2.37. The summed E-state index contributed by atoms with van der Waals surface area (Å²) in [5.74, 6) is 3.07. The van der Waals surface area contributed by atoms with Gasteiger partial charge in [0.05, 0.1) is 7.11 Å². The van der Waals surface area contributed by atoms with E-state index in [1.165, 1.54) is 0 Å². The number of phenols is 1. The standard InChI is InChI=1S/C18H21NO5/c1-19(7-8-22-15-5-3-14(21-2)4-6-15)11-13-9-17-18(10-16(13)20)24-12-23-17/h3-6,9-10,20H,7-8,11-12H2,1-2H3. The van der Waals surface area contributed by atoms with Gasteiger partial charge in [-0.25, -0.2) is 0 Å². The molecule has 0 unspecified atom stereocenters. The Morgan fingerprint density at radius 3 is 2.46 bits per heavy atom. The molecule has 3 rings (SSSR count). The van der Waals surface area contributed by atoms with Crippen LogP contribution in [0.3, 0.4) is 0 Å². The smallest absolute Gasteiger partial charge is 0.231 e. The number of aromatic hydroxyl groups is 1. The molecule has 128 valence electrons. The van der Waals surface area contributed by atoms with Crippen molar-refractivity contribution in [1.82, 2.24) is 4.90 Å². The van der Waals surface area contributed by atoms with Gasteiger partial charge in [0.25, 0.3) is 0 Å². The molecule has 2 aromatic carbocycles. The molecule has 0 saturated carbocycles. The fourth-order valence-electron chi connectivity index (χ4n) is 2.46. The summed E-state index contributed by atoms with van der Waals surface area (Å²) in [4.78, 5) is 2.07. The van der Waals surface area contributed by atoms with E-state index in [-0.39, 0.29) is 12.5 Å². The number of phenolic OH excluding ortho intramolecular Hbond substituents is 1. The summed E-state index contributed by atoms with van der Waals surface area (Å²) in [6.07, 6.45) is 0. The minimum atomic E-state index is 0.198. The third kappa shape index (κ3) is 3.83. The topological polar surface area (TPSA) is 60.4 Å². The summed E-state index contributed by atoms with van der Waals surface area (Å²) in [5, 5.41) is 10.1. The van der Waals surface area contributed by atoms with Crippen molar-refractivity contribution in [2.24, 2.45) is 0 Å². The summed E-state index contributed by atoms with van der Waals surface area (Å²) >= 11 is 0. The summed E-state index contributed by atoms with van der Waals surface area (Å²) in [5.41, 5.74) is 0.797. The second kappa shape index (κ2) is 7.31. The van der Waals surface area contributed by atoms with Crippen LogP contribution in [0.15, 0.2) is 36.4 Å². The zero-order valence-corrected chi connectivity index (χ0v) is 13.8. The fraction of sp³-hybridized carbons (Fsp3) is 0.333. The lowest BCUT2D eigenvalue weighted by molar-refractivity contribution is 0.174. The second-order valence-corrected chi connectivity index (χ2v) is 5.60. The van der Waals surface area contributed by atoms with Crippen molar-refractivity contribution in [3.8, 4) is 28.7 Å². The average molecular weight is 331 g/mol. The van der Waals surface area contributed by atoms with E-state index in [1.807, 2.05) is 37.4 Å². The number of hydrogen-bond donors (Lipinski definition) is 1. The van der Waals surface area contributed by atoms with Crippen LogP contribution < -0.4 is 18.9 Å². The van der Waals surface area contributed by atoms with Gasteiger partial charge in [-0.2, -0.15) is 0 Å². The SMILES string of the molecule is COc1ccc(OCCN(C)Cc2cc3c(cc2O)OCO3)cc1. The van der Waals surface area contributed by atoms with Crippen molar-refractivity contribution in [3.63, 3.8) is 0 Å². The monoisotopic (exact) mass is 331 g/mol. The average Bonchev–Trinajstić information content (AvgIpc) is 3.03. The summed E-state index contributed by atoms with van der Waals surface area (Å²) in [7, 11) is 3.61. The molecule has 1 aliphatic rings. The van der Waals surface area contributed by atoms with Crippen LogP contribution in [0.25, 0.3) is 0 Å². The van der Waals surface area contributed by atoms with Crippen molar-refractivity contribution in [1.29, 1.82) is 0 Å². The van der Waals surface area contributed by atoms with E-state index in [0.717, 1.165) is 23.6 Å². The predicted octanol–water partition coefficient (Wildman–Crippen LogP) is 2.64. The van der Waals surface area contributed by atoms with E-state index >= 15 is 0 Å². The van der Waals surface area contributed by atoms with E-state index in [4.69, 9.17) is 18.9 Å². The Morgan fingerprint density at radius 2 is 1.75 bits per heavy atom. The molecule has 0 saturated heterocycles. The molecule has 0 atom stereocenters. The molecule has 1 N–H and O–H groups in total. The quantitative estimate of drug-likeness (QED) is 0.842. The number of likely N-dealkylation sites (N-methyl/N-ethyl adjacent to an activating group) is 1. The molecule has 1 heterocycles. The Labute approximate surface area is 141 Å². The normalized spacial score (nSPS) is 12.5. The van der Waals surface area contributed by atoms with Gasteiger partial charge in [0, 0.05) is 24.7 Å². The van der Waals surface area contributed by atoms with E-state index in [2.05, 4.69) is 4.90 Å². The lowest BCUT2D eigenvalue weighted by atomic mass is 10.1. The highest BCUT2D eigenvalue weighted by molar-refractivity contribution is 5.51. The Balaban J connectivity index is 1.49. The van der Waals surface area contributed by atoms with Crippen molar-refractivity contribution >= 4 is 0 Å². The van der Waals surface area contributed by atoms with Crippen LogP contribution in [-0.4, -0.2) is 44.1 Å². The molecule has 6 heteroatoms. The van der Waals surface area contributed by atoms with Gasteiger partial charge in [-0.15, -0.1) is 0 Å². The maximum atomic E-state index is 10.1. The molecule has 0 bridgehead atoms. The van der Waals surface area contributed by atoms with Gasteiger partial charge < -0.3 is 24.1 Å². The fourth-order valence-corrected chi connectivity index (χ4v) is 2.46. The van der Waals surface area contributed by atoms with Gasteiger partial charge >= 0.3 is 0 Å². The van der Waals surface area contributed by atoms with Crippen LogP contribution in [0, 0.1) is 0 Å². The number of rotatable bonds is 7. The molecule has 0 spiro atoms. The Morgan fingerprint density at radius 1 is 1.08 bits per heavy atom. The zero-order valence-electron chi connectivity index (χ0n) is 13.8. The van der Waals surface area contributed by atoms with Gasteiger partial charge in [-0.05, 0) is 37.4 Å². The number of methoxy groups -OCH3 is 1. The highest BCUT2D eigenvalue weighted by Gasteiger charge is 2.17. The molecule has 24 heavy (non-hydrogen) atoms. The Hall–Kier alpha value is -2.60. The van der Waals surface area contributed by atoms with Crippen LogP contribution in [0.1, 0.15) is 5.56 Å². The number of nitrogens with zero attached hydrogens (tertiary/aromatic N) is 1. The van der Waals surface area contributed by atoms with Crippen molar-refractivity contribution in [2.75, 3.05) is 34.1 Å². The largest absolute Gasteiger partial charge is 0.507 e. The molecular weight excluding hydrogens is 310 g/mol. The number of fused-ring (bicyclic) bond motifs is 1. The number of benzene rings is 2. The molecule has 6 nitrogen and oxygen atoms in total. The van der Waals surface area contributed by atoms with Crippen LogP contribution in [0.4, 0.5) is 0 Å². The van der Waals surface area contributed by atoms with Gasteiger partial charge in [-0.1, -0.05) is 0 Å². The van der Waals surface area contributed by atoms with Gasteiger partial charge in [0.2, 0.25) is 6.79 Å². The molecule has 0 radical (unpaired) electrons. The molecule has 2 aromatic rings. The molecule has 0 aliphatic carbocycles. The highest BCUT2D eigenvalue weighted by atomic mass is 16.7. The first-order chi connectivity index (χ1) is 11.7. The first-order valence-electron chi connectivity index (χ1n) is 7.72. The molecule has 0 amide bonds. The first-order valence-corrected chi connectivity index (χ1v) is 7.72. The predicted molar refractivity (Wildman–Crippen MR) is 89.1 cm³/mol. The maximum absolute atomic E-state index is 10.1. The Kier molecular flexibility index (Phi) is 4.96. The third-order valence-corrected chi connectivity index (χ3v) is 3.82. The minimum Gasteiger partial charge on any atom is -0.507 e. The van der Waals surface area contributed by atoms with E-state index in [1.54, 1.807) is 13.2 Å². The molecule has 1 aliphatic heterocycles. The van der Waals surface area contributed by atoms with Crippen molar-refractivity contribution in [2.45, 2.75) is 6.54 Å². The van der Waals surface area contributed by atoms with Crippen LogP contribution in [0.2, 0.25) is 0 Å². The van der Waals surface area contributed by atoms with Crippen molar-refractivity contribution in [3.05, 3.63) is 42.0 Å². The van der Waals surface area contributed by atoms with Crippen LogP contribution in [0.5, 0.6) is 28.7 Å². The molecule has 0 fully saturated rings. The Bertz CT molecular complexity index is 687.